The van der Waals surface area contributed by atoms with Gasteiger partial charge in [-0.1, -0.05) is 5.16 Å². The maximum absolute atomic E-state index is 13.3. The number of nitrogens with two attached hydrogens (primary N) is 1. The molecule has 1 aromatic carbocycles. The maximum atomic E-state index is 13.3. The van der Waals surface area contributed by atoms with Gasteiger partial charge in [-0.15, -0.1) is 0 Å². The van der Waals surface area contributed by atoms with Crippen molar-refractivity contribution < 1.29 is 13.7 Å². The van der Waals surface area contributed by atoms with E-state index >= 15 is 0 Å². The normalized spacial score (nSPS) is 11.6. The van der Waals surface area contributed by atoms with Crippen molar-refractivity contribution in [1.29, 1.82) is 0 Å². The number of hydrogen-bond donors (Lipinski definition) is 1. The first kappa shape index (κ1) is 12.5. The molecule has 0 atom stereocenters. The zero-order valence-corrected chi connectivity index (χ0v) is 10.4. The van der Waals surface area contributed by atoms with Gasteiger partial charge >= 0.3 is 0 Å². The van der Waals surface area contributed by atoms with Gasteiger partial charge in [0.2, 0.25) is 0 Å². The predicted octanol–water partition coefficient (Wildman–Crippen LogP) is 2.08. The second-order valence-electron chi connectivity index (χ2n) is 4.49. The molecule has 0 saturated carbocycles. The molecule has 5 nitrogen and oxygen atoms in total. The Bertz CT molecular complexity index is 561. The summed E-state index contributed by atoms with van der Waals surface area (Å²) in [6.45, 7) is 3.54. The van der Waals surface area contributed by atoms with Crippen LogP contribution < -0.4 is 10.5 Å². The lowest BCUT2D eigenvalue weighted by Gasteiger charge is -2.11. The quantitative estimate of drug-likeness (QED) is 0.903. The van der Waals surface area contributed by atoms with Gasteiger partial charge < -0.3 is 15.0 Å². The Hall–Kier alpha value is -1.95. The second-order valence-corrected chi connectivity index (χ2v) is 4.49. The van der Waals surface area contributed by atoms with E-state index in [1.165, 1.54) is 19.2 Å². The molecule has 2 N–H and O–H groups in total. The molecule has 0 spiro atoms. The van der Waals surface area contributed by atoms with Crippen molar-refractivity contribution in [2.45, 2.75) is 19.4 Å². The summed E-state index contributed by atoms with van der Waals surface area (Å²) in [6, 6.07) is 4.32. The van der Waals surface area contributed by atoms with Gasteiger partial charge in [0.15, 0.2) is 17.4 Å². The zero-order valence-electron chi connectivity index (χ0n) is 10.4. The second kappa shape index (κ2) is 4.38. The van der Waals surface area contributed by atoms with Crippen LogP contribution in [0.5, 0.6) is 5.75 Å². The minimum Gasteiger partial charge on any atom is -0.494 e. The standard InChI is InChI=1S/C12H14FN3O2/c1-12(2,14)11-15-10(18-16-11)7-4-5-8(13)9(6-7)17-3/h4-6H,14H2,1-3H3. The minimum absolute atomic E-state index is 0.124. The fourth-order valence-corrected chi connectivity index (χ4v) is 1.40. The highest BCUT2D eigenvalue weighted by molar-refractivity contribution is 5.56. The van der Waals surface area contributed by atoms with Crippen LogP contribution in [0.3, 0.4) is 0 Å². The first-order valence-electron chi connectivity index (χ1n) is 5.39. The van der Waals surface area contributed by atoms with Gasteiger partial charge in [-0.3, -0.25) is 0 Å². The summed E-state index contributed by atoms with van der Waals surface area (Å²) in [4.78, 5) is 4.18. The Labute approximate surface area is 104 Å². The largest absolute Gasteiger partial charge is 0.494 e. The van der Waals surface area contributed by atoms with Crippen molar-refractivity contribution >= 4 is 0 Å². The molecule has 0 fully saturated rings. The van der Waals surface area contributed by atoms with E-state index in [4.69, 9.17) is 15.0 Å². The van der Waals surface area contributed by atoms with Crippen LogP contribution in [-0.4, -0.2) is 17.3 Å². The van der Waals surface area contributed by atoms with E-state index in [1.807, 2.05) is 0 Å². The molecular formula is C12H14FN3O2. The average molecular weight is 251 g/mol. The van der Waals surface area contributed by atoms with Gasteiger partial charge in [0.25, 0.3) is 5.89 Å². The summed E-state index contributed by atoms with van der Waals surface area (Å²) in [5, 5.41) is 3.80. The molecule has 0 aliphatic carbocycles. The van der Waals surface area contributed by atoms with Crippen molar-refractivity contribution in [3.05, 3.63) is 29.8 Å². The van der Waals surface area contributed by atoms with Gasteiger partial charge in [-0.25, -0.2) is 4.39 Å². The molecule has 0 bridgehead atoms. The summed E-state index contributed by atoms with van der Waals surface area (Å²) in [6.07, 6.45) is 0. The lowest BCUT2D eigenvalue weighted by Crippen LogP contribution is -2.30. The summed E-state index contributed by atoms with van der Waals surface area (Å²) < 4.78 is 23.3. The highest BCUT2D eigenvalue weighted by Gasteiger charge is 2.22. The molecule has 96 valence electrons. The molecule has 0 aliphatic heterocycles. The van der Waals surface area contributed by atoms with Crippen LogP contribution in [-0.2, 0) is 5.54 Å². The van der Waals surface area contributed by atoms with Crippen molar-refractivity contribution in [2.24, 2.45) is 5.73 Å². The zero-order chi connectivity index (χ0) is 13.3. The van der Waals surface area contributed by atoms with Crippen molar-refractivity contribution in [3.8, 4) is 17.2 Å². The lowest BCUT2D eigenvalue weighted by molar-refractivity contribution is 0.384. The third-order valence-corrected chi connectivity index (χ3v) is 2.40. The summed E-state index contributed by atoms with van der Waals surface area (Å²) in [5.74, 6) is 0.349. The smallest absolute Gasteiger partial charge is 0.258 e. The summed E-state index contributed by atoms with van der Waals surface area (Å²) >= 11 is 0. The minimum atomic E-state index is -0.689. The van der Waals surface area contributed by atoms with Crippen LogP contribution in [0.15, 0.2) is 22.7 Å². The van der Waals surface area contributed by atoms with E-state index in [0.29, 0.717) is 11.4 Å². The van der Waals surface area contributed by atoms with E-state index in [-0.39, 0.29) is 11.6 Å². The maximum Gasteiger partial charge on any atom is 0.258 e. The van der Waals surface area contributed by atoms with E-state index in [9.17, 15) is 4.39 Å². The van der Waals surface area contributed by atoms with E-state index in [2.05, 4.69) is 10.1 Å². The predicted molar refractivity (Wildman–Crippen MR) is 63.5 cm³/mol. The lowest BCUT2D eigenvalue weighted by atomic mass is 10.1. The Kier molecular flexibility index (Phi) is 3.04. The Morgan fingerprint density at radius 3 is 2.67 bits per heavy atom. The number of ether oxygens (including phenoxy) is 1. The molecule has 2 rings (SSSR count). The number of aromatic nitrogens is 2. The molecular weight excluding hydrogens is 237 g/mol. The first-order chi connectivity index (χ1) is 8.41. The fourth-order valence-electron chi connectivity index (χ4n) is 1.40. The van der Waals surface area contributed by atoms with Crippen LogP contribution in [0.4, 0.5) is 4.39 Å². The highest BCUT2D eigenvalue weighted by Crippen LogP contribution is 2.26. The Morgan fingerprint density at radius 2 is 2.11 bits per heavy atom. The number of benzene rings is 1. The molecule has 0 saturated heterocycles. The number of methoxy groups -OCH3 is 1. The van der Waals surface area contributed by atoms with Crippen molar-refractivity contribution in [2.75, 3.05) is 7.11 Å². The van der Waals surface area contributed by atoms with Gasteiger partial charge in [-0.05, 0) is 32.0 Å². The van der Waals surface area contributed by atoms with Crippen LogP contribution in [0.25, 0.3) is 11.5 Å². The summed E-state index contributed by atoms with van der Waals surface area (Å²) in [7, 11) is 1.39. The van der Waals surface area contributed by atoms with Gasteiger partial charge in [0.05, 0.1) is 12.6 Å². The third kappa shape index (κ3) is 2.33. The monoisotopic (exact) mass is 251 g/mol. The van der Waals surface area contributed by atoms with Gasteiger partial charge in [-0.2, -0.15) is 4.98 Å². The molecule has 0 amide bonds. The van der Waals surface area contributed by atoms with Gasteiger partial charge in [0, 0.05) is 5.56 Å². The molecule has 0 aliphatic rings. The Morgan fingerprint density at radius 1 is 1.39 bits per heavy atom. The highest BCUT2D eigenvalue weighted by atomic mass is 19.1. The van der Waals surface area contributed by atoms with E-state index in [1.54, 1.807) is 19.9 Å². The van der Waals surface area contributed by atoms with Crippen LogP contribution >= 0.6 is 0 Å². The van der Waals surface area contributed by atoms with Crippen molar-refractivity contribution in [3.63, 3.8) is 0 Å². The number of rotatable bonds is 3. The molecule has 18 heavy (non-hydrogen) atoms. The molecule has 1 aromatic heterocycles. The number of hydrogen-bond acceptors (Lipinski definition) is 5. The van der Waals surface area contributed by atoms with Crippen LogP contribution in [0.1, 0.15) is 19.7 Å². The van der Waals surface area contributed by atoms with Crippen LogP contribution in [0.2, 0.25) is 0 Å². The van der Waals surface area contributed by atoms with Gasteiger partial charge in [0.1, 0.15) is 0 Å². The average Bonchev–Trinajstić information content (AvgIpc) is 2.78. The molecule has 6 heteroatoms. The molecule has 2 aromatic rings. The molecule has 0 radical (unpaired) electrons. The molecule has 0 unspecified atom stereocenters. The van der Waals surface area contributed by atoms with E-state index in [0.717, 1.165) is 0 Å². The summed E-state index contributed by atoms with van der Waals surface area (Å²) in [5.41, 5.74) is 5.75. The van der Waals surface area contributed by atoms with Crippen LogP contribution in [0, 0.1) is 5.82 Å². The SMILES string of the molecule is COc1cc(-c2nc(C(C)(C)N)no2)ccc1F. The Balaban J connectivity index is 2.40. The fraction of sp³-hybridized carbons (Fsp3) is 0.333. The number of halogens is 1. The molecule has 1 heterocycles. The van der Waals surface area contributed by atoms with Crippen molar-refractivity contribution in [1.82, 2.24) is 10.1 Å². The first-order valence-corrected chi connectivity index (χ1v) is 5.39. The van der Waals surface area contributed by atoms with E-state index < -0.39 is 11.4 Å². The number of nitrogens with zero attached hydrogens (tertiary/aromatic N) is 2. The topological polar surface area (TPSA) is 74.2 Å². The third-order valence-electron chi connectivity index (χ3n) is 2.40.